The Morgan fingerprint density at radius 3 is 2.28 bits per heavy atom. The number of amides is 1. The Morgan fingerprint density at radius 2 is 1.67 bits per heavy atom. The van der Waals surface area contributed by atoms with Crippen LogP contribution in [0.25, 0.3) is 0 Å². The fraction of sp³-hybridized carbons (Fsp3) is 0.0714. The summed E-state index contributed by atoms with van der Waals surface area (Å²) in [5.74, 6) is 0.650. The fourth-order valence-corrected chi connectivity index (χ4v) is 1.44. The number of benzene rings is 2. The van der Waals surface area contributed by atoms with Crippen LogP contribution in [0.15, 0.2) is 54.6 Å². The highest BCUT2D eigenvalue weighted by atomic mass is 16.6. The lowest BCUT2D eigenvalue weighted by atomic mass is 10.3. The second-order valence-electron chi connectivity index (χ2n) is 3.76. The SMILES string of the molecule is CN(C(=O)Oc1ccccc1)c1ccc(O)cc1. The number of rotatable bonds is 2. The van der Waals surface area contributed by atoms with Crippen LogP contribution in [-0.4, -0.2) is 18.2 Å². The van der Waals surface area contributed by atoms with Crippen molar-refractivity contribution in [2.24, 2.45) is 0 Å². The summed E-state index contributed by atoms with van der Waals surface area (Å²) in [6.45, 7) is 0. The molecule has 4 heteroatoms. The average molecular weight is 243 g/mol. The summed E-state index contributed by atoms with van der Waals surface area (Å²) < 4.78 is 5.19. The van der Waals surface area contributed by atoms with Gasteiger partial charge in [-0.05, 0) is 36.4 Å². The standard InChI is InChI=1S/C14H13NO3/c1-15(11-7-9-12(16)10-8-11)14(17)18-13-5-3-2-4-6-13/h2-10,16H,1H3. The monoisotopic (exact) mass is 243 g/mol. The number of carbonyl (C=O) groups is 1. The van der Waals surface area contributed by atoms with Crippen LogP contribution in [0.3, 0.4) is 0 Å². The van der Waals surface area contributed by atoms with Crippen molar-refractivity contribution in [3.8, 4) is 11.5 Å². The first-order valence-corrected chi connectivity index (χ1v) is 5.46. The van der Waals surface area contributed by atoms with Crippen LogP contribution in [0, 0.1) is 0 Å². The number of phenols is 1. The Kier molecular flexibility index (Phi) is 3.48. The largest absolute Gasteiger partial charge is 0.508 e. The molecule has 2 rings (SSSR count). The molecule has 0 radical (unpaired) electrons. The maximum Gasteiger partial charge on any atom is 0.419 e. The highest BCUT2D eigenvalue weighted by Gasteiger charge is 2.12. The van der Waals surface area contributed by atoms with Crippen LogP contribution in [0.2, 0.25) is 0 Å². The summed E-state index contributed by atoms with van der Waals surface area (Å²) in [4.78, 5) is 13.2. The molecular formula is C14H13NO3. The third-order valence-corrected chi connectivity index (χ3v) is 2.46. The van der Waals surface area contributed by atoms with E-state index in [1.165, 1.54) is 17.0 Å². The van der Waals surface area contributed by atoms with Gasteiger partial charge in [-0.15, -0.1) is 0 Å². The van der Waals surface area contributed by atoms with Gasteiger partial charge in [0.2, 0.25) is 0 Å². The molecule has 0 saturated heterocycles. The minimum atomic E-state index is -0.480. The van der Waals surface area contributed by atoms with E-state index in [9.17, 15) is 9.90 Å². The predicted octanol–water partition coefficient (Wildman–Crippen LogP) is 3.03. The molecule has 0 spiro atoms. The Morgan fingerprint density at radius 1 is 1.06 bits per heavy atom. The molecular weight excluding hydrogens is 230 g/mol. The van der Waals surface area contributed by atoms with Gasteiger partial charge >= 0.3 is 6.09 Å². The lowest BCUT2D eigenvalue weighted by molar-refractivity contribution is 0.209. The van der Waals surface area contributed by atoms with E-state index in [4.69, 9.17) is 4.74 Å². The normalized spacial score (nSPS) is 9.83. The van der Waals surface area contributed by atoms with Gasteiger partial charge in [0, 0.05) is 12.7 Å². The Hall–Kier alpha value is -2.49. The molecule has 0 bridgehead atoms. The molecule has 0 aliphatic heterocycles. The highest BCUT2D eigenvalue weighted by Crippen LogP contribution is 2.18. The van der Waals surface area contributed by atoms with Gasteiger partial charge in [0.15, 0.2) is 0 Å². The number of phenolic OH excluding ortho intramolecular Hbond substituents is 1. The average Bonchev–Trinajstić information content (AvgIpc) is 2.40. The number of para-hydroxylation sites is 1. The van der Waals surface area contributed by atoms with Crippen LogP contribution < -0.4 is 9.64 Å². The van der Waals surface area contributed by atoms with Crippen LogP contribution >= 0.6 is 0 Å². The zero-order valence-electron chi connectivity index (χ0n) is 9.91. The van der Waals surface area contributed by atoms with Crippen molar-refractivity contribution >= 4 is 11.8 Å². The van der Waals surface area contributed by atoms with Gasteiger partial charge in [0.1, 0.15) is 11.5 Å². The number of hydrogen-bond acceptors (Lipinski definition) is 3. The van der Waals surface area contributed by atoms with Gasteiger partial charge in [0.25, 0.3) is 0 Å². The number of aromatic hydroxyl groups is 1. The molecule has 1 amide bonds. The van der Waals surface area contributed by atoms with E-state index in [1.54, 1.807) is 43.4 Å². The van der Waals surface area contributed by atoms with Crippen LogP contribution in [0.5, 0.6) is 11.5 Å². The van der Waals surface area contributed by atoms with Crippen LogP contribution in [-0.2, 0) is 0 Å². The van der Waals surface area contributed by atoms with Crippen molar-refractivity contribution < 1.29 is 14.6 Å². The highest BCUT2D eigenvalue weighted by molar-refractivity contribution is 5.88. The predicted molar refractivity (Wildman–Crippen MR) is 69.0 cm³/mol. The molecule has 92 valence electrons. The second kappa shape index (κ2) is 5.23. The Labute approximate surface area is 105 Å². The van der Waals surface area contributed by atoms with E-state index < -0.39 is 6.09 Å². The summed E-state index contributed by atoms with van der Waals surface area (Å²) in [6, 6.07) is 15.2. The molecule has 0 atom stereocenters. The second-order valence-corrected chi connectivity index (χ2v) is 3.76. The molecule has 18 heavy (non-hydrogen) atoms. The molecule has 0 saturated carbocycles. The molecule has 2 aromatic carbocycles. The molecule has 0 aliphatic rings. The zero-order valence-corrected chi connectivity index (χ0v) is 9.91. The van der Waals surface area contributed by atoms with Gasteiger partial charge in [0.05, 0.1) is 0 Å². The maximum absolute atomic E-state index is 11.8. The third kappa shape index (κ3) is 2.79. The van der Waals surface area contributed by atoms with E-state index >= 15 is 0 Å². The van der Waals surface area contributed by atoms with Crippen molar-refractivity contribution in [1.29, 1.82) is 0 Å². The quantitative estimate of drug-likeness (QED) is 0.882. The third-order valence-electron chi connectivity index (χ3n) is 2.46. The number of hydrogen-bond donors (Lipinski definition) is 1. The number of ether oxygens (including phenoxy) is 1. The minimum Gasteiger partial charge on any atom is -0.508 e. The molecule has 0 unspecified atom stereocenters. The summed E-state index contributed by atoms with van der Waals surface area (Å²) in [7, 11) is 1.61. The van der Waals surface area contributed by atoms with Gasteiger partial charge in [-0.25, -0.2) is 4.79 Å². The number of nitrogens with zero attached hydrogens (tertiary/aromatic N) is 1. The molecule has 0 aliphatic carbocycles. The Bertz CT molecular complexity index is 522. The van der Waals surface area contributed by atoms with Crippen LogP contribution in [0.1, 0.15) is 0 Å². The molecule has 4 nitrogen and oxygen atoms in total. The van der Waals surface area contributed by atoms with Crippen molar-refractivity contribution in [2.75, 3.05) is 11.9 Å². The minimum absolute atomic E-state index is 0.156. The lowest BCUT2D eigenvalue weighted by Gasteiger charge is -2.16. The van der Waals surface area contributed by atoms with Gasteiger partial charge in [-0.3, -0.25) is 4.90 Å². The molecule has 0 heterocycles. The Balaban J connectivity index is 2.07. The summed E-state index contributed by atoms with van der Waals surface area (Å²) in [6.07, 6.45) is -0.480. The van der Waals surface area contributed by atoms with Crippen molar-refractivity contribution in [2.45, 2.75) is 0 Å². The smallest absolute Gasteiger partial charge is 0.419 e. The zero-order chi connectivity index (χ0) is 13.0. The lowest BCUT2D eigenvalue weighted by Crippen LogP contribution is -2.29. The van der Waals surface area contributed by atoms with E-state index in [-0.39, 0.29) is 5.75 Å². The van der Waals surface area contributed by atoms with Crippen molar-refractivity contribution in [3.63, 3.8) is 0 Å². The van der Waals surface area contributed by atoms with Crippen molar-refractivity contribution in [1.82, 2.24) is 0 Å². The number of carbonyl (C=O) groups excluding carboxylic acids is 1. The first-order chi connectivity index (χ1) is 8.66. The van der Waals surface area contributed by atoms with Gasteiger partial charge in [-0.2, -0.15) is 0 Å². The molecule has 0 fully saturated rings. The number of anilines is 1. The van der Waals surface area contributed by atoms with E-state index in [0.29, 0.717) is 11.4 Å². The molecule has 2 aromatic rings. The topological polar surface area (TPSA) is 49.8 Å². The fourth-order valence-electron chi connectivity index (χ4n) is 1.44. The summed E-state index contributed by atoms with van der Waals surface area (Å²) in [5, 5.41) is 9.18. The summed E-state index contributed by atoms with van der Waals surface area (Å²) in [5.41, 5.74) is 0.647. The van der Waals surface area contributed by atoms with E-state index in [1.807, 2.05) is 6.07 Å². The maximum atomic E-state index is 11.8. The summed E-state index contributed by atoms with van der Waals surface area (Å²) >= 11 is 0. The van der Waals surface area contributed by atoms with Gasteiger partial charge in [-0.1, -0.05) is 18.2 Å². The first-order valence-electron chi connectivity index (χ1n) is 5.46. The molecule has 0 aromatic heterocycles. The van der Waals surface area contributed by atoms with Crippen LogP contribution in [0.4, 0.5) is 10.5 Å². The van der Waals surface area contributed by atoms with E-state index in [0.717, 1.165) is 0 Å². The van der Waals surface area contributed by atoms with Gasteiger partial charge < -0.3 is 9.84 Å². The van der Waals surface area contributed by atoms with Crippen molar-refractivity contribution in [3.05, 3.63) is 54.6 Å². The molecule has 1 N–H and O–H groups in total. The first kappa shape index (κ1) is 12.0. The van der Waals surface area contributed by atoms with E-state index in [2.05, 4.69) is 0 Å².